The number of benzene rings is 3. The maximum absolute atomic E-state index is 13.8. The van der Waals surface area contributed by atoms with Crippen molar-refractivity contribution in [2.45, 2.75) is 55.0 Å². The molecule has 2 atom stereocenters. The van der Waals surface area contributed by atoms with Crippen LogP contribution in [0.1, 0.15) is 38.2 Å². The Kier molecular flexibility index (Phi) is 8.64. The molecular formula is C29H33N3O7S2. The minimum Gasteiger partial charge on any atom is -0.454 e. The van der Waals surface area contributed by atoms with E-state index in [-0.39, 0.29) is 35.1 Å². The number of rotatable bonds is 10. The van der Waals surface area contributed by atoms with E-state index in [1.54, 1.807) is 48.5 Å². The van der Waals surface area contributed by atoms with Gasteiger partial charge in [0.15, 0.2) is 11.5 Å². The molecule has 1 amide bonds. The van der Waals surface area contributed by atoms with Gasteiger partial charge in [-0.1, -0.05) is 44.0 Å². The molecule has 1 heterocycles. The van der Waals surface area contributed by atoms with Crippen LogP contribution in [0.5, 0.6) is 11.5 Å². The number of carbonyl (C=O) groups excluding carboxylic acids is 1. The first kappa shape index (κ1) is 29.1. The van der Waals surface area contributed by atoms with Crippen LogP contribution in [-0.2, 0) is 31.4 Å². The summed E-state index contributed by atoms with van der Waals surface area (Å²) in [5, 5.41) is 2.72. The summed E-state index contributed by atoms with van der Waals surface area (Å²) in [7, 11) is -8.05. The van der Waals surface area contributed by atoms with Crippen LogP contribution in [0, 0.1) is 5.92 Å². The SMILES string of the molecule is C[C@@H]1CCCC[C@H]1NS(=O)(=O)c1ccc(S(=O)(=O)N(CC(=O)Nc2ccccc2)Cc2ccc3c(c2)OCO3)cc1. The lowest BCUT2D eigenvalue weighted by atomic mass is 9.87. The summed E-state index contributed by atoms with van der Waals surface area (Å²) in [5.74, 6) is 0.747. The molecule has 2 aliphatic rings. The van der Waals surface area contributed by atoms with Crippen LogP contribution in [-0.4, -0.2) is 46.4 Å². The Morgan fingerprint density at radius 2 is 1.56 bits per heavy atom. The molecule has 0 saturated heterocycles. The van der Waals surface area contributed by atoms with Gasteiger partial charge in [0.2, 0.25) is 32.7 Å². The third-order valence-electron chi connectivity index (χ3n) is 7.36. The monoisotopic (exact) mass is 599 g/mol. The first-order valence-electron chi connectivity index (χ1n) is 13.5. The molecule has 218 valence electrons. The number of nitrogens with one attached hydrogen (secondary N) is 2. The van der Waals surface area contributed by atoms with Crippen LogP contribution in [0.25, 0.3) is 0 Å². The van der Waals surface area contributed by atoms with Crippen molar-refractivity contribution in [3.63, 3.8) is 0 Å². The second-order valence-electron chi connectivity index (χ2n) is 10.3. The number of hydrogen-bond donors (Lipinski definition) is 2. The van der Waals surface area contributed by atoms with E-state index in [0.29, 0.717) is 22.7 Å². The molecule has 41 heavy (non-hydrogen) atoms. The zero-order valence-electron chi connectivity index (χ0n) is 22.7. The number of para-hydroxylation sites is 1. The highest BCUT2D eigenvalue weighted by molar-refractivity contribution is 7.89. The molecule has 12 heteroatoms. The van der Waals surface area contributed by atoms with Crippen LogP contribution in [0.4, 0.5) is 5.69 Å². The fourth-order valence-electron chi connectivity index (χ4n) is 5.05. The van der Waals surface area contributed by atoms with E-state index in [9.17, 15) is 21.6 Å². The summed E-state index contributed by atoms with van der Waals surface area (Å²) >= 11 is 0. The van der Waals surface area contributed by atoms with Gasteiger partial charge in [-0.15, -0.1) is 0 Å². The predicted molar refractivity (Wildman–Crippen MR) is 153 cm³/mol. The van der Waals surface area contributed by atoms with E-state index in [2.05, 4.69) is 10.0 Å². The molecule has 10 nitrogen and oxygen atoms in total. The molecule has 0 aromatic heterocycles. The van der Waals surface area contributed by atoms with Crippen LogP contribution in [0.2, 0.25) is 0 Å². The Balaban J connectivity index is 1.38. The number of amides is 1. The second kappa shape index (κ2) is 12.2. The molecule has 1 fully saturated rings. The quantitative estimate of drug-likeness (QED) is 0.359. The number of nitrogens with zero attached hydrogens (tertiary/aromatic N) is 1. The number of hydrogen-bond acceptors (Lipinski definition) is 7. The maximum atomic E-state index is 13.8. The van der Waals surface area contributed by atoms with Gasteiger partial charge >= 0.3 is 0 Å². The highest BCUT2D eigenvalue weighted by atomic mass is 32.2. The zero-order valence-corrected chi connectivity index (χ0v) is 24.3. The molecule has 0 spiro atoms. The fraction of sp³-hybridized carbons (Fsp3) is 0.345. The summed E-state index contributed by atoms with van der Waals surface area (Å²) in [6.07, 6.45) is 3.78. The summed E-state index contributed by atoms with van der Waals surface area (Å²) in [6, 6.07) is 18.7. The van der Waals surface area contributed by atoms with Crippen molar-refractivity contribution < 1.29 is 31.1 Å². The van der Waals surface area contributed by atoms with Gasteiger partial charge in [0, 0.05) is 18.3 Å². The highest BCUT2D eigenvalue weighted by Crippen LogP contribution is 2.33. The van der Waals surface area contributed by atoms with E-state index in [0.717, 1.165) is 30.0 Å². The van der Waals surface area contributed by atoms with Crippen molar-refractivity contribution in [1.82, 2.24) is 9.03 Å². The van der Waals surface area contributed by atoms with Crippen LogP contribution >= 0.6 is 0 Å². The average molecular weight is 600 g/mol. The van der Waals surface area contributed by atoms with Crippen molar-refractivity contribution in [3.8, 4) is 11.5 Å². The summed E-state index contributed by atoms with van der Waals surface area (Å²) in [5.41, 5.74) is 1.13. The normalized spacial score (nSPS) is 18.8. The van der Waals surface area contributed by atoms with Crippen LogP contribution in [0.15, 0.2) is 82.6 Å². The molecule has 0 radical (unpaired) electrons. The van der Waals surface area contributed by atoms with Crippen molar-refractivity contribution in [2.75, 3.05) is 18.7 Å². The van der Waals surface area contributed by atoms with E-state index >= 15 is 0 Å². The average Bonchev–Trinajstić information content (AvgIpc) is 3.42. The molecule has 3 aromatic rings. The molecule has 0 bridgehead atoms. The van der Waals surface area contributed by atoms with E-state index in [1.165, 1.54) is 24.3 Å². The van der Waals surface area contributed by atoms with E-state index < -0.39 is 32.5 Å². The van der Waals surface area contributed by atoms with E-state index in [1.807, 2.05) is 6.92 Å². The molecule has 0 unspecified atom stereocenters. The van der Waals surface area contributed by atoms with Gasteiger partial charge < -0.3 is 14.8 Å². The first-order valence-corrected chi connectivity index (χ1v) is 16.4. The summed E-state index contributed by atoms with van der Waals surface area (Å²) in [6.45, 7) is 1.52. The Bertz CT molecular complexity index is 1600. The third kappa shape index (κ3) is 6.89. The highest BCUT2D eigenvalue weighted by Gasteiger charge is 2.30. The van der Waals surface area contributed by atoms with Gasteiger partial charge in [0.05, 0.1) is 16.3 Å². The maximum Gasteiger partial charge on any atom is 0.243 e. The van der Waals surface area contributed by atoms with Crippen molar-refractivity contribution in [2.24, 2.45) is 5.92 Å². The smallest absolute Gasteiger partial charge is 0.243 e. The Morgan fingerprint density at radius 3 is 2.29 bits per heavy atom. The zero-order chi connectivity index (χ0) is 29.0. The molecule has 1 aliphatic heterocycles. The molecule has 3 aromatic carbocycles. The minimum atomic E-state index is -4.21. The number of fused-ring (bicyclic) bond motifs is 1. The third-order valence-corrected chi connectivity index (χ3v) is 10.7. The lowest BCUT2D eigenvalue weighted by Gasteiger charge is -2.29. The Labute approximate surface area is 240 Å². The predicted octanol–water partition coefficient (Wildman–Crippen LogP) is 4.10. The van der Waals surface area contributed by atoms with Gasteiger partial charge in [-0.3, -0.25) is 4.79 Å². The van der Waals surface area contributed by atoms with Gasteiger partial charge in [-0.25, -0.2) is 21.6 Å². The standard InChI is InChI=1S/C29H33N3O7S2/c1-21-7-5-6-10-26(21)31-40(34,35)24-12-14-25(15-13-24)41(36,37)32(19-29(33)30-23-8-3-2-4-9-23)18-22-11-16-27-28(17-22)39-20-38-27/h2-4,8-9,11-17,21,26,31H,5-7,10,18-20H2,1H3,(H,30,33)/t21-,26-/m1/s1. The number of ether oxygens (including phenoxy) is 2. The van der Waals surface area contributed by atoms with Crippen LogP contribution in [0.3, 0.4) is 0 Å². The number of sulfonamides is 2. The van der Waals surface area contributed by atoms with Gasteiger partial charge in [-0.2, -0.15) is 4.31 Å². The lowest BCUT2D eigenvalue weighted by molar-refractivity contribution is -0.116. The van der Waals surface area contributed by atoms with Crippen molar-refractivity contribution in [1.29, 1.82) is 0 Å². The molecular weight excluding hydrogens is 566 g/mol. The molecule has 2 N–H and O–H groups in total. The van der Waals surface area contributed by atoms with Crippen molar-refractivity contribution >= 4 is 31.6 Å². The lowest BCUT2D eigenvalue weighted by Crippen LogP contribution is -2.41. The molecule has 5 rings (SSSR count). The van der Waals surface area contributed by atoms with Gasteiger partial charge in [-0.05, 0) is 72.9 Å². The van der Waals surface area contributed by atoms with Crippen LogP contribution < -0.4 is 19.5 Å². The second-order valence-corrected chi connectivity index (χ2v) is 14.0. The minimum absolute atomic E-state index is 0.0154. The van der Waals surface area contributed by atoms with Gasteiger partial charge in [0.25, 0.3) is 0 Å². The van der Waals surface area contributed by atoms with Crippen molar-refractivity contribution in [3.05, 3.63) is 78.4 Å². The fourth-order valence-corrected chi connectivity index (χ4v) is 7.81. The summed E-state index contributed by atoms with van der Waals surface area (Å²) < 4.78 is 68.3. The molecule has 1 aliphatic carbocycles. The number of carbonyl (C=O) groups is 1. The topological polar surface area (TPSA) is 131 Å². The molecule has 1 saturated carbocycles. The Morgan fingerprint density at radius 1 is 0.878 bits per heavy atom. The van der Waals surface area contributed by atoms with Gasteiger partial charge in [0.1, 0.15) is 0 Å². The summed E-state index contributed by atoms with van der Waals surface area (Å²) in [4.78, 5) is 12.8. The number of anilines is 1. The largest absolute Gasteiger partial charge is 0.454 e. The Hall–Kier alpha value is -3.45. The first-order chi connectivity index (χ1) is 19.6. The van der Waals surface area contributed by atoms with E-state index in [4.69, 9.17) is 9.47 Å².